The van der Waals surface area contributed by atoms with Gasteiger partial charge in [-0.3, -0.25) is 0 Å². The van der Waals surface area contributed by atoms with Gasteiger partial charge in [0.2, 0.25) is 0 Å². The third kappa shape index (κ3) is 10.3. The van der Waals surface area contributed by atoms with Gasteiger partial charge in [0, 0.05) is 0 Å². The Kier molecular flexibility index (Phi) is 11.7. The van der Waals surface area contributed by atoms with Crippen molar-refractivity contribution in [2.45, 2.75) is 52.4 Å². The number of hydrogen-bond acceptors (Lipinski definition) is 0. The van der Waals surface area contributed by atoms with E-state index in [0.717, 1.165) is 0 Å². The van der Waals surface area contributed by atoms with Gasteiger partial charge in [0.1, 0.15) is 0 Å². The van der Waals surface area contributed by atoms with Gasteiger partial charge in [0.05, 0.1) is 27.2 Å². The van der Waals surface area contributed by atoms with E-state index in [4.69, 9.17) is 0 Å². The first-order chi connectivity index (χ1) is 6.12. The van der Waals surface area contributed by atoms with Crippen molar-refractivity contribution in [1.82, 2.24) is 0 Å². The summed E-state index contributed by atoms with van der Waals surface area (Å²) in [7, 11) is 4.73. The Balaban J connectivity index is 0. The lowest BCUT2D eigenvalue weighted by Crippen LogP contribution is -3.00. The molecule has 0 aliphatic rings. The Labute approximate surface area is 96.9 Å². The number of nitrogens with zero attached hydrogens (tertiary/aromatic N) is 1. The summed E-state index contributed by atoms with van der Waals surface area (Å²) >= 11 is 0. The molecule has 0 aliphatic heterocycles. The van der Waals surface area contributed by atoms with Crippen molar-refractivity contribution in [3.05, 3.63) is 0 Å². The van der Waals surface area contributed by atoms with Crippen LogP contribution in [-0.2, 0) is 0 Å². The molecule has 0 aliphatic carbocycles. The molecule has 0 heterocycles. The van der Waals surface area contributed by atoms with Crippen LogP contribution in [0.4, 0.5) is 0 Å². The Hall–Kier alpha value is 0.250. The fourth-order valence-electron chi connectivity index (χ4n) is 1.66. The largest absolute Gasteiger partial charge is 1.00 e. The van der Waals surface area contributed by atoms with Gasteiger partial charge in [-0.15, -0.1) is 0 Å². The predicted molar refractivity (Wildman–Crippen MR) is 60.9 cm³/mol. The van der Waals surface area contributed by atoms with Crippen molar-refractivity contribution in [1.29, 1.82) is 0 Å². The van der Waals surface area contributed by atoms with Crippen molar-refractivity contribution in [3.8, 4) is 0 Å². The number of quaternary nitrogens is 1. The fraction of sp³-hybridized carbons (Fsp3) is 1.00. The van der Waals surface area contributed by atoms with Crippen LogP contribution in [0.3, 0.4) is 0 Å². The standard InChI is InChI=1S/C12H28N.ClH/c1-5-7-9-10-12-13(3,4)11-8-6-2;/h5-12H2,1-4H3;1H/q+1;/p-1. The van der Waals surface area contributed by atoms with Gasteiger partial charge in [0.15, 0.2) is 0 Å². The molecule has 0 saturated heterocycles. The van der Waals surface area contributed by atoms with E-state index in [1.165, 1.54) is 56.1 Å². The lowest BCUT2D eigenvalue weighted by atomic mass is 10.2. The Morgan fingerprint density at radius 1 is 0.714 bits per heavy atom. The number of hydrogen-bond donors (Lipinski definition) is 0. The summed E-state index contributed by atoms with van der Waals surface area (Å²) < 4.78 is 1.22. The molecule has 14 heavy (non-hydrogen) atoms. The maximum Gasteiger partial charge on any atom is 0.0782 e. The van der Waals surface area contributed by atoms with Gasteiger partial charge in [0.25, 0.3) is 0 Å². The van der Waals surface area contributed by atoms with Crippen molar-refractivity contribution in [2.24, 2.45) is 0 Å². The summed E-state index contributed by atoms with van der Waals surface area (Å²) in [6.45, 7) is 7.26. The summed E-state index contributed by atoms with van der Waals surface area (Å²) in [5, 5.41) is 0. The minimum absolute atomic E-state index is 0. The van der Waals surface area contributed by atoms with Crippen LogP contribution < -0.4 is 12.4 Å². The van der Waals surface area contributed by atoms with Crippen LogP contribution in [0, 0.1) is 0 Å². The number of rotatable bonds is 8. The zero-order chi connectivity index (χ0) is 10.2. The smallest absolute Gasteiger partial charge is 0.0782 e. The summed E-state index contributed by atoms with van der Waals surface area (Å²) in [5.74, 6) is 0. The SMILES string of the molecule is CCCCCC[N+](C)(C)CCCC.[Cl-]. The van der Waals surface area contributed by atoms with E-state index in [0.29, 0.717) is 0 Å². The molecule has 2 heteroatoms. The van der Waals surface area contributed by atoms with E-state index in [-0.39, 0.29) is 12.4 Å². The zero-order valence-electron chi connectivity index (χ0n) is 10.5. The van der Waals surface area contributed by atoms with Crippen LogP contribution in [0.5, 0.6) is 0 Å². The van der Waals surface area contributed by atoms with Crippen LogP contribution in [0.15, 0.2) is 0 Å². The van der Waals surface area contributed by atoms with Gasteiger partial charge in [-0.25, -0.2) is 0 Å². The van der Waals surface area contributed by atoms with Crippen LogP contribution >= 0.6 is 0 Å². The molecular weight excluding hydrogens is 194 g/mol. The topological polar surface area (TPSA) is 0 Å². The summed E-state index contributed by atoms with van der Waals surface area (Å²) in [6.07, 6.45) is 8.29. The molecule has 0 unspecified atom stereocenters. The van der Waals surface area contributed by atoms with E-state index in [1.54, 1.807) is 0 Å². The van der Waals surface area contributed by atoms with E-state index < -0.39 is 0 Å². The van der Waals surface area contributed by atoms with Crippen LogP contribution in [0.2, 0.25) is 0 Å². The highest BCUT2D eigenvalue weighted by atomic mass is 35.5. The first-order valence-corrected chi connectivity index (χ1v) is 5.94. The Morgan fingerprint density at radius 3 is 1.71 bits per heavy atom. The van der Waals surface area contributed by atoms with Crippen molar-refractivity contribution in [2.75, 3.05) is 27.2 Å². The molecule has 0 spiro atoms. The Bertz CT molecular complexity index is 113. The summed E-state index contributed by atoms with van der Waals surface area (Å²) in [4.78, 5) is 0. The monoisotopic (exact) mass is 221 g/mol. The lowest BCUT2D eigenvalue weighted by molar-refractivity contribution is -0.890. The van der Waals surface area contributed by atoms with Crippen LogP contribution in [0.1, 0.15) is 52.4 Å². The highest BCUT2D eigenvalue weighted by Crippen LogP contribution is 2.06. The first-order valence-electron chi connectivity index (χ1n) is 5.94. The quantitative estimate of drug-likeness (QED) is 0.413. The molecular formula is C12H28ClN. The van der Waals surface area contributed by atoms with Crippen LogP contribution in [-0.4, -0.2) is 31.7 Å². The molecule has 0 radical (unpaired) electrons. The molecule has 0 fully saturated rings. The van der Waals surface area contributed by atoms with Gasteiger partial charge < -0.3 is 16.9 Å². The molecule has 0 saturated carbocycles. The average Bonchev–Trinajstić information content (AvgIpc) is 2.09. The van der Waals surface area contributed by atoms with Crippen molar-refractivity contribution < 1.29 is 16.9 Å². The minimum atomic E-state index is 0. The number of unbranched alkanes of at least 4 members (excludes halogenated alkanes) is 4. The molecule has 1 nitrogen and oxygen atoms in total. The zero-order valence-corrected chi connectivity index (χ0v) is 11.2. The van der Waals surface area contributed by atoms with E-state index in [2.05, 4.69) is 27.9 Å². The molecule has 0 amide bonds. The fourth-order valence-corrected chi connectivity index (χ4v) is 1.66. The maximum absolute atomic E-state index is 2.36. The molecule has 0 N–H and O–H groups in total. The third-order valence-corrected chi connectivity index (χ3v) is 2.73. The highest BCUT2D eigenvalue weighted by molar-refractivity contribution is 4.41. The Morgan fingerprint density at radius 2 is 1.21 bits per heavy atom. The van der Waals surface area contributed by atoms with E-state index in [1.807, 2.05) is 0 Å². The second-order valence-electron chi connectivity index (χ2n) is 4.80. The number of halogens is 1. The van der Waals surface area contributed by atoms with Gasteiger partial charge in [-0.05, 0) is 19.3 Å². The summed E-state index contributed by atoms with van der Waals surface area (Å²) in [5.41, 5.74) is 0. The van der Waals surface area contributed by atoms with Gasteiger partial charge in [-0.2, -0.15) is 0 Å². The maximum atomic E-state index is 2.36. The lowest BCUT2D eigenvalue weighted by Gasteiger charge is -2.29. The van der Waals surface area contributed by atoms with Crippen molar-refractivity contribution in [3.63, 3.8) is 0 Å². The first kappa shape index (κ1) is 16.7. The molecule has 0 aromatic heterocycles. The van der Waals surface area contributed by atoms with E-state index in [9.17, 15) is 0 Å². The predicted octanol–water partition coefficient (Wildman–Crippen LogP) is 0.447. The van der Waals surface area contributed by atoms with Crippen molar-refractivity contribution >= 4 is 0 Å². The van der Waals surface area contributed by atoms with E-state index >= 15 is 0 Å². The second-order valence-corrected chi connectivity index (χ2v) is 4.80. The van der Waals surface area contributed by atoms with Crippen LogP contribution in [0.25, 0.3) is 0 Å². The van der Waals surface area contributed by atoms with Gasteiger partial charge >= 0.3 is 0 Å². The normalized spacial score (nSPS) is 11.1. The molecule has 0 bridgehead atoms. The van der Waals surface area contributed by atoms with Gasteiger partial charge in [-0.1, -0.05) is 33.1 Å². The molecule has 0 rings (SSSR count). The minimum Gasteiger partial charge on any atom is -1.00 e. The molecule has 0 aromatic rings. The molecule has 88 valence electrons. The summed E-state index contributed by atoms with van der Waals surface area (Å²) in [6, 6.07) is 0. The molecule has 0 atom stereocenters. The third-order valence-electron chi connectivity index (χ3n) is 2.73. The highest BCUT2D eigenvalue weighted by Gasteiger charge is 2.12. The molecule has 0 aromatic carbocycles. The second kappa shape index (κ2) is 9.79. The average molecular weight is 222 g/mol.